The van der Waals surface area contributed by atoms with Gasteiger partial charge in [-0.25, -0.2) is 0 Å². The van der Waals surface area contributed by atoms with E-state index >= 15 is 0 Å². The molecule has 0 aromatic carbocycles. The third kappa shape index (κ3) is 0.951. The SMILES string of the molecule is C1CCC2C(=C3C4CCCCC34)C2C1. The molecule has 0 aromatic rings. The van der Waals surface area contributed by atoms with Crippen LogP contribution in [-0.4, -0.2) is 0 Å². The van der Waals surface area contributed by atoms with Crippen molar-refractivity contribution < 1.29 is 0 Å². The maximum absolute atomic E-state index is 2.00. The quantitative estimate of drug-likeness (QED) is 0.505. The fourth-order valence-corrected chi connectivity index (χ4v) is 4.50. The van der Waals surface area contributed by atoms with Crippen molar-refractivity contribution >= 4 is 0 Å². The largest absolute Gasteiger partial charge is 0.0630 e. The van der Waals surface area contributed by atoms with Crippen molar-refractivity contribution in [1.82, 2.24) is 0 Å². The van der Waals surface area contributed by atoms with Crippen molar-refractivity contribution in [2.24, 2.45) is 23.7 Å². The van der Waals surface area contributed by atoms with Crippen molar-refractivity contribution in [3.8, 4) is 0 Å². The zero-order valence-corrected chi connectivity index (χ0v) is 8.97. The number of hydrogen-bond acceptors (Lipinski definition) is 0. The van der Waals surface area contributed by atoms with Crippen LogP contribution in [0.4, 0.5) is 0 Å². The van der Waals surface area contributed by atoms with Crippen LogP contribution in [0.2, 0.25) is 0 Å². The van der Waals surface area contributed by atoms with E-state index in [2.05, 4.69) is 0 Å². The molecule has 4 fully saturated rings. The van der Waals surface area contributed by atoms with E-state index in [-0.39, 0.29) is 0 Å². The Morgan fingerprint density at radius 2 is 0.786 bits per heavy atom. The summed E-state index contributed by atoms with van der Waals surface area (Å²) in [6.07, 6.45) is 12.3. The highest BCUT2D eigenvalue weighted by Gasteiger charge is 2.55. The van der Waals surface area contributed by atoms with Gasteiger partial charge in [-0.05, 0) is 49.4 Å². The average Bonchev–Trinajstić information content (AvgIpc) is 3.07. The Morgan fingerprint density at radius 3 is 1.07 bits per heavy atom. The highest BCUT2D eigenvalue weighted by Crippen LogP contribution is 2.66. The molecule has 0 radical (unpaired) electrons. The van der Waals surface area contributed by atoms with Crippen LogP contribution < -0.4 is 0 Å². The molecule has 4 atom stereocenters. The Balaban J connectivity index is 1.61. The second kappa shape index (κ2) is 2.65. The smallest absolute Gasteiger partial charge is 0.0131 e. The van der Waals surface area contributed by atoms with Crippen LogP contribution in [0.5, 0.6) is 0 Å². The lowest BCUT2D eigenvalue weighted by Gasteiger charge is -2.04. The Bertz CT molecular complexity index is 241. The van der Waals surface area contributed by atoms with Gasteiger partial charge in [0.05, 0.1) is 0 Å². The molecule has 0 aromatic heterocycles. The molecule has 4 aliphatic carbocycles. The standard InChI is InChI=1S/C14H20/c1-2-6-10-9(5-1)13(10)14-11-7-3-4-8-12(11)14/h9-12H,1-8H2. The summed E-state index contributed by atoms with van der Waals surface area (Å²) in [6.45, 7) is 0. The zero-order chi connectivity index (χ0) is 9.12. The van der Waals surface area contributed by atoms with Crippen LogP contribution >= 0.6 is 0 Å². The third-order valence-electron chi connectivity index (χ3n) is 5.24. The Hall–Kier alpha value is -0.260. The molecule has 76 valence electrons. The predicted molar refractivity (Wildman–Crippen MR) is 57.9 cm³/mol. The van der Waals surface area contributed by atoms with Crippen molar-refractivity contribution in [2.45, 2.75) is 51.4 Å². The van der Waals surface area contributed by atoms with E-state index in [4.69, 9.17) is 0 Å². The van der Waals surface area contributed by atoms with Gasteiger partial charge in [0, 0.05) is 0 Å². The number of allylic oxidation sites excluding steroid dienone is 2. The van der Waals surface area contributed by atoms with E-state index in [1.54, 1.807) is 25.7 Å². The van der Waals surface area contributed by atoms with Crippen molar-refractivity contribution in [1.29, 1.82) is 0 Å². The van der Waals surface area contributed by atoms with Gasteiger partial charge in [-0.15, -0.1) is 0 Å². The number of hydrogen-bond donors (Lipinski definition) is 0. The van der Waals surface area contributed by atoms with Gasteiger partial charge >= 0.3 is 0 Å². The van der Waals surface area contributed by atoms with Crippen molar-refractivity contribution in [2.75, 3.05) is 0 Å². The summed E-state index contributed by atoms with van der Waals surface area (Å²) in [5.41, 5.74) is 4.00. The zero-order valence-electron chi connectivity index (χ0n) is 8.97. The van der Waals surface area contributed by atoms with Crippen LogP contribution in [0.25, 0.3) is 0 Å². The summed E-state index contributed by atoms with van der Waals surface area (Å²) < 4.78 is 0. The van der Waals surface area contributed by atoms with Gasteiger partial charge < -0.3 is 0 Å². The molecule has 0 saturated heterocycles. The van der Waals surface area contributed by atoms with Gasteiger partial charge in [0.25, 0.3) is 0 Å². The first-order valence-electron chi connectivity index (χ1n) is 6.70. The summed E-state index contributed by atoms with van der Waals surface area (Å²) in [5.74, 6) is 4.40. The van der Waals surface area contributed by atoms with E-state index in [0.29, 0.717) is 0 Å². The first kappa shape index (κ1) is 7.96. The van der Waals surface area contributed by atoms with E-state index in [9.17, 15) is 0 Å². The highest BCUT2D eigenvalue weighted by atomic mass is 14.6. The molecule has 0 bridgehead atoms. The van der Waals surface area contributed by atoms with E-state index in [1.165, 1.54) is 25.7 Å². The minimum absolute atomic E-state index is 1.10. The van der Waals surface area contributed by atoms with Gasteiger partial charge in [-0.1, -0.05) is 36.8 Å². The Kier molecular flexibility index (Phi) is 1.51. The minimum Gasteiger partial charge on any atom is -0.0630 e. The molecule has 0 nitrogen and oxygen atoms in total. The normalized spacial score (nSPS) is 49.7. The van der Waals surface area contributed by atoms with Gasteiger partial charge in [-0.3, -0.25) is 0 Å². The van der Waals surface area contributed by atoms with Crippen LogP contribution in [0.3, 0.4) is 0 Å². The molecule has 4 aliphatic rings. The molecular formula is C14H20. The number of rotatable bonds is 0. The van der Waals surface area contributed by atoms with Crippen LogP contribution in [-0.2, 0) is 0 Å². The summed E-state index contributed by atoms with van der Waals surface area (Å²) in [7, 11) is 0. The Labute approximate surface area is 86.8 Å². The second-order valence-corrected chi connectivity index (χ2v) is 5.91. The van der Waals surface area contributed by atoms with Gasteiger partial charge in [-0.2, -0.15) is 0 Å². The summed E-state index contributed by atoms with van der Waals surface area (Å²) in [5, 5.41) is 0. The topological polar surface area (TPSA) is 0 Å². The average molecular weight is 188 g/mol. The van der Waals surface area contributed by atoms with Crippen LogP contribution in [0.15, 0.2) is 11.1 Å². The summed E-state index contributed by atoms with van der Waals surface area (Å²) >= 11 is 0. The van der Waals surface area contributed by atoms with E-state index < -0.39 is 0 Å². The molecule has 0 N–H and O–H groups in total. The number of fused-ring (bicyclic) bond motifs is 2. The molecule has 14 heavy (non-hydrogen) atoms. The molecule has 0 aliphatic heterocycles. The minimum atomic E-state index is 1.10. The lowest BCUT2D eigenvalue weighted by Crippen LogP contribution is -1.91. The fourth-order valence-electron chi connectivity index (χ4n) is 4.50. The fraction of sp³-hybridized carbons (Fsp3) is 0.857. The molecule has 4 rings (SSSR count). The first-order chi connectivity index (χ1) is 6.97. The summed E-state index contributed by atoms with van der Waals surface area (Å²) in [4.78, 5) is 0. The van der Waals surface area contributed by atoms with Crippen LogP contribution in [0, 0.1) is 23.7 Å². The predicted octanol–water partition coefficient (Wildman–Crippen LogP) is 3.92. The highest BCUT2D eigenvalue weighted by molar-refractivity contribution is 5.46. The molecule has 0 heteroatoms. The summed E-state index contributed by atoms with van der Waals surface area (Å²) in [6, 6.07) is 0. The van der Waals surface area contributed by atoms with Gasteiger partial charge in [0.2, 0.25) is 0 Å². The lowest BCUT2D eigenvalue weighted by molar-refractivity contribution is 0.480. The first-order valence-corrected chi connectivity index (χ1v) is 6.70. The lowest BCUT2D eigenvalue weighted by atomic mass is 10.0. The molecule has 0 amide bonds. The van der Waals surface area contributed by atoms with Crippen molar-refractivity contribution in [3.63, 3.8) is 0 Å². The maximum Gasteiger partial charge on any atom is -0.0131 e. The molecular weight excluding hydrogens is 168 g/mol. The maximum atomic E-state index is 2.00. The molecule has 0 spiro atoms. The van der Waals surface area contributed by atoms with Gasteiger partial charge in [0.1, 0.15) is 0 Å². The molecule has 0 heterocycles. The second-order valence-electron chi connectivity index (χ2n) is 5.91. The van der Waals surface area contributed by atoms with Crippen LogP contribution in [0.1, 0.15) is 51.4 Å². The Morgan fingerprint density at radius 1 is 0.500 bits per heavy atom. The van der Waals surface area contributed by atoms with Gasteiger partial charge in [0.15, 0.2) is 0 Å². The molecule has 4 unspecified atom stereocenters. The molecule has 4 saturated carbocycles. The van der Waals surface area contributed by atoms with E-state index in [0.717, 1.165) is 23.7 Å². The van der Waals surface area contributed by atoms with E-state index in [1.807, 2.05) is 11.1 Å². The monoisotopic (exact) mass is 188 g/mol. The third-order valence-corrected chi connectivity index (χ3v) is 5.24. The van der Waals surface area contributed by atoms with Crippen molar-refractivity contribution in [3.05, 3.63) is 11.1 Å².